The van der Waals surface area contributed by atoms with Crippen LogP contribution in [0.5, 0.6) is 0 Å². The van der Waals surface area contributed by atoms with Gasteiger partial charge in [0.05, 0.1) is 5.57 Å². The van der Waals surface area contributed by atoms with Crippen LogP contribution in [0.3, 0.4) is 0 Å². The number of hydrogen-bond donors (Lipinski definition) is 1. The second kappa shape index (κ2) is 8.61. The molecule has 33 heavy (non-hydrogen) atoms. The average Bonchev–Trinajstić information content (AvgIpc) is 3.34. The number of hydrogen-bond acceptors (Lipinski definition) is 4. The van der Waals surface area contributed by atoms with E-state index < -0.39 is 0 Å². The first kappa shape index (κ1) is 22.2. The zero-order chi connectivity index (χ0) is 23.3. The number of hydrazone groups is 1. The summed E-state index contributed by atoms with van der Waals surface area (Å²) in [5, 5.41) is 17.1. The van der Waals surface area contributed by atoms with Gasteiger partial charge in [-0.3, -0.25) is 10.2 Å². The molecule has 1 aliphatic carbocycles. The van der Waals surface area contributed by atoms with Gasteiger partial charge in [0, 0.05) is 28.0 Å². The highest BCUT2D eigenvalue weighted by atomic mass is 35.5. The molecule has 1 fully saturated rings. The van der Waals surface area contributed by atoms with Crippen LogP contribution < -0.4 is 0 Å². The molecule has 5 rings (SSSR count). The van der Waals surface area contributed by atoms with Gasteiger partial charge < -0.3 is 4.57 Å². The average molecular weight is 480 g/mol. The zero-order valence-corrected chi connectivity index (χ0v) is 20.6. The van der Waals surface area contributed by atoms with Gasteiger partial charge in [0.2, 0.25) is 5.17 Å². The van der Waals surface area contributed by atoms with Crippen molar-refractivity contribution in [3.05, 3.63) is 57.4 Å². The molecule has 0 bridgehead atoms. The third kappa shape index (κ3) is 3.97. The Morgan fingerprint density at radius 1 is 1.15 bits per heavy atom. The topological polar surface area (TPSA) is 73.8 Å². The lowest BCUT2D eigenvalue weighted by atomic mass is 9.90. The van der Waals surface area contributed by atoms with Crippen LogP contribution in [0, 0.1) is 32.1 Å². The number of carbonyl (C=O) groups is 1. The fourth-order valence-corrected chi connectivity index (χ4v) is 6.03. The van der Waals surface area contributed by atoms with E-state index in [4.69, 9.17) is 22.1 Å². The van der Waals surface area contributed by atoms with Crippen molar-refractivity contribution in [1.82, 2.24) is 9.58 Å². The lowest BCUT2D eigenvalue weighted by Gasteiger charge is -2.20. The Labute approximate surface area is 202 Å². The van der Waals surface area contributed by atoms with E-state index in [1.54, 1.807) is 6.08 Å². The lowest BCUT2D eigenvalue weighted by Crippen LogP contribution is -2.35. The van der Waals surface area contributed by atoms with Gasteiger partial charge in [-0.15, -0.1) is 0 Å². The third-order valence-electron chi connectivity index (χ3n) is 6.61. The van der Waals surface area contributed by atoms with Crippen LogP contribution in [-0.2, 0) is 4.79 Å². The first-order valence-corrected chi connectivity index (χ1v) is 12.5. The summed E-state index contributed by atoms with van der Waals surface area (Å²) in [7, 11) is 0. The molecule has 2 aromatic rings. The van der Waals surface area contributed by atoms with Crippen molar-refractivity contribution in [3.63, 3.8) is 0 Å². The van der Waals surface area contributed by atoms with Crippen molar-refractivity contribution < 1.29 is 4.79 Å². The summed E-state index contributed by atoms with van der Waals surface area (Å²) in [6.07, 6.45) is 7.69. The number of amides is 1. The normalized spacial score (nSPS) is 20.4. The maximum atomic E-state index is 12.9. The summed E-state index contributed by atoms with van der Waals surface area (Å²) in [6.45, 7) is 6.08. The van der Waals surface area contributed by atoms with Gasteiger partial charge in [-0.05, 0) is 80.8 Å². The SMILES string of the molecule is Cc1ccc(Cl)cc1-n1c(C)cc(C=C2C(=N)N3N=C(C4CCCCC4)SC3=NC2=O)c1C. The number of nitrogens with zero attached hydrogens (tertiary/aromatic N) is 4. The number of nitrogens with one attached hydrogen (secondary N) is 1. The predicted molar refractivity (Wildman–Crippen MR) is 137 cm³/mol. The Morgan fingerprint density at radius 3 is 2.67 bits per heavy atom. The standard InChI is InChI=1S/C25H26ClN5OS/c1-14-9-10-19(26)13-21(14)30-15(2)11-18(16(30)3)12-20-22(27)31-25(28-23(20)32)33-24(29-31)17-7-5-4-6-8-17/h9-13,17,27H,4-8H2,1-3H3. The van der Waals surface area contributed by atoms with Crippen LogP contribution in [-0.4, -0.2) is 31.5 Å². The van der Waals surface area contributed by atoms with Gasteiger partial charge in [0.25, 0.3) is 5.91 Å². The number of carbonyl (C=O) groups excluding carboxylic acids is 1. The highest BCUT2D eigenvalue weighted by Crippen LogP contribution is 2.36. The van der Waals surface area contributed by atoms with Crippen molar-refractivity contribution in [2.24, 2.45) is 16.0 Å². The van der Waals surface area contributed by atoms with Crippen LogP contribution in [0.15, 0.2) is 39.9 Å². The highest BCUT2D eigenvalue weighted by molar-refractivity contribution is 8.27. The van der Waals surface area contributed by atoms with Crippen LogP contribution >= 0.6 is 23.4 Å². The van der Waals surface area contributed by atoms with E-state index in [1.807, 2.05) is 45.0 Å². The van der Waals surface area contributed by atoms with Crippen molar-refractivity contribution in [3.8, 4) is 5.69 Å². The van der Waals surface area contributed by atoms with Gasteiger partial charge in [-0.1, -0.05) is 36.9 Å². The summed E-state index contributed by atoms with van der Waals surface area (Å²) >= 11 is 7.71. The molecule has 6 nitrogen and oxygen atoms in total. The second-order valence-electron chi connectivity index (χ2n) is 8.89. The molecule has 0 saturated heterocycles. The molecule has 0 spiro atoms. The van der Waals surface area contributed by atoms with Gasteiger partial charge in [0.1, 0.15) is 5.04 Å². The minimum absolute atomic E-state index is 0.0899. The van der Waals surface area contributed by atoms with E-state index in [0.29, 0.717) is 16.1 Å². The smallest absolute Gasteiger partial charge is 0.283 e. The monoisotopic (exact) mass is 479 g/mol. The Kier molecular flexibility index (Phi) is 5.79. The minimum atomic E-state index is -0.386. The van der Waals surface area contributed by atoms with Crippen molar-refractivity contribution in [2.45, 2.75) is 52.9 Å². The largest absolute Gasteiger partial charge is 0.318 e. The van der Waals surface area contributed by atoms with E-state index in [2.05, 4.69) is 9.56 Å². The first-order chi connectivity index (χ1) is 15.8. The lowest BCUT2D eigenvalue weighted by molar-refractivity contribution is -0.114. The molecule has 3 heterocycles. The Hall–Kier alpha value is -2.64. The Balaban J connectivity index is 1.49. The fourth-order valence-electron chi connectivity index (χ4n) is 4.80. The summed E-state index contributed by atoms with van der Waals surface area (Å²) in [6, 6.07) is 7.85. The summed E-state index contributed by atoms with van der Waals surface area (Å²) in [4.78, 5) is 17.2. The molecule has 170 valence electrons. The molecule has 2 aliphatic heterocycles. The number of amidine groups is 2. The third-order valence-corrected chi connectivity index (χ3v) is 7.91. The van der Waals surface area contributed by atoms with E-state index in [1.165, 1.54) is 36.0 Å². The first-order valence-electron chi connectivity index (χ1n) is 11.3. The van der Waals surface area contributed by atoms with Crippen molar-refractivity contribution >= 4 is 51.4 Å². The number of halogens is 1. The van der Waals surface area contributed by atoms with Crippen molar-refractivity contribution in [1.29, 1.82) is 5.41 Å². The van der Waals surface area contributed by atoms with Gasteiger partial charge in [-0.2, -0.15) is 15.1 Å². The number of aromatic nitrogens is 1. The number of rotatable bonds is 3. The second-order valence-corrected chi connectivity index (χ2v) is 10.3. The molecule has 1 aromatic carbocycles. The Morgan fingerprint density at radius 2 is 1.91 bits per heavy atom. The number of fused-ring (bicyclic) bond motifs is 1. The summed E-state index contributed by atoms with van der Waals surface area (Å²) in [5.41, 5.74) is 5.25. The van der Waals surface area contributed by atoms with Crippen LogP contribution in [0.4, 0.5) is 0 Å². The van der Waals surface area contributed by atoms with E-state index in [-0.39, 0.29) is 17.3 Å². The van der Waals surface area contributed by atoms with Gasteiger partial charge in [0.15, 0.2) is 5.84 Å². The number of aryl methyl sites for hydroxylation is 2. The van der Waals surface area contributed by atoms with Gasteiger partial charge >= 0.3 is 0 Å². The van der Waals surface area contributed by atoms with E-state index in [0.717, 1.165) is 46.1 Å². The van der Waals surface area contributed by atoms with Gasteiger partial charge in [-0.25, -0.2) is 0 Å². The minimum Gasteiger partial charge on any atom is -0.318 e. The number of thioether (sulfide) groups is 1. The molecule has 0 unspecified atom stereocenters. The highest BCUT2D eigenvalue weighted by Gasteiger charge is 2.38. The fraction of sp³-hybridized carbons (Fsp3) is 0.360. The molecular formula is C25H26ClN5OS. The molecule has 3 aliphatic rings. The van der Waals surface area contributed by atoms with Crippen LogP contribution in [0.1, 0.15) is 54.6 Å². The molecule has 1 saturated carbocycles. The maximum absolute atomic E-state index is 12.9. The molecule has 1 aromatic heterocycles. The van der Waals surface area contributed by atoms with E-state index >= 15 is 0 Å². The van der Waals surface area contributed by atoms with E-state index in [9.17, 15) is 4.79 Å². The number of aliphatic imine (C=N–C) groups is 1. The maximum Gasteiger partial charge on any atom is 0.283 e. The van der Waals surface area contributed by atoms with Crippen LogP contribution in [0.25, 0.3) is 11.8 Å². The molecule has 0 radical (unpaired) electrons. The van der Waals surface area contributed by atoms with Crippen LogP contribution in [0.2, 0.25) is 5.02 Å². The molecule has 0 atom stereocenters. The van der Waals surface area contributed by atoms with Crippen molar-refractivity contribution in [2.75, 3.05) is 0 Å². The Bertz CT molecular complexity index is 1270. The summed E-state index contributed by atoms with van der Waals surface area (Å²) < 4.78 is 2.13. The number of benzene rings is 1. The predicted octanol–water partition coefficient (Wildman–Crippen LogP) is 6.26. The summed E-state index contributed by atoms with van der Waals surface area (Å²) in [5.74, 6) is 0.113. The quantitative estimate of drug-likeness (QED) is 0.528. The molecule has 8 heteroatoms. The molecular weight excluding hydrogens is 454 g/mol. The zero-order valence-electron chi connectivity index (χ0n) is 19.0. The molecule has 1 N–H and O–H groups in total. The molecule has 1 amide bonds.